The molecule has 0 amide bonds. The van der Waals surface area contributed by atoms with Gasteiger partial charge in [-0.2, -0.15) is 0 Å². The molecule has 0 aromatic carbocycles. The molecule has 0 saturated heterocycles. The van der Waals surface area contributed by atoms with E-state index in [1.807, 2.05) is 0 Å². The minimum atomic E-state index is -0.745. The second-order valence-corrected chi connectivity index (χ2v) is 5.44. The van der Waals surface area contributed by atoms with Crippen molar-refractivity contribution in [1.29, 1.82) is 0 Å². The summed E-state index contributed by atoms with van der Waals surface area (Å²) in [6.07, 6.45) is 11.6. The van der Waals surface area contributed by atoms with Gasteiger partial charge in [0, 0.05) is 13.0 Å². The van der Waals surface area contributed by atoms with Gasteiger partial charge in [0.2, 0.25) is 0 Å². The second kappa shape index (κ2) is 15.0. The standard InChI is InChI=1S/C15H27N.C3H6O2/c1-13(2)7-5-8-14(3)9-6-10-15(4)11-12-16;1-2-3(4)5/h7,9,11H,5-6,8,10,12,16H2,1-4H3;2H2,1H3,(H,4,5). The van der Waals surface area contributed by atoms with Crippen LogP contribution in [0.1, 0.15) is 66.7 Å². The quantitative estimate of drug-likeness (QED) is 0.629. The summed E-state index contributed by atoms with van der Waals surface area (Å²) in [4.78, 5) is 9.37. The van der Waals surface area contributed by atoms with Crippen molar-refractivity contribution in [2.24, 2.45) is 5.73 Å². The first kappa shape index (κ1) is 21.9. The predicted molar refractivity (Wildman–Crippen MR) is 92.4 cm³/mol. The number of hydrogen-bond donors (Lipinski definition) is 2. The first-order chi connectivity index (χ1) is 9.83. The van der Waals surface area contributed by atoms with Gasteiger partial charge in [-0.25, -0.2) is 0 Å². The van der Waals surface area contributed by atoms with Crippen LogP contribution in [0.3, 0.4) is 0 Å². The molecule has 0 spiro atoms. The lowest BCUT2D eigenvalue weighted by molar-refractivity contribution is -0.136. The SMILES string of the molecule is CC(C)=CCCC(C)=CCCC(C)=CCN.CCC(=O)O. The summed E-state index contributed by atoms with van der Waals surface area (Å²) in [5, 5.41) is 7.72. The van der Waals surface area contributed by atoms with E-state index >= 15 is 0 Å². The molecule has 0 rings (SSSR count). The van der Waals surface area contributed by atoms with E-state index in [-0.39, 0.29) is 6.42 Å². The molecule has 0 heterocycles. The van der Waals surface area contributed by atoms with Crippen LogP contribution in [-0.4, -0.2) is 17.6 Å². The van der Waals surface area contributed by atoms with Gasteiger partial charge in [-0.15, -0.1) is 0 Å². The molecule has 122 valence electrons. The van der Waals surface area contributed by atoms with Crippen LogP contribution in [0, 0.1) is 0 Å². The number of nitrogens with two attached hydrogens (primary N) is 1. The van der Waals surface area contributed by atoms with E-state index < -0.39 is 5.97 Å². The van der Waals surface area contributed by atoms with Crippen LogP contribution in [0.5, 0.6) is 0 Å². The Bertz CT molecular complexity index is 361. The van der Waals surface area contributed by atoms with Gasteiger partial charge < -0.3 is 10.8 Å². The molecule has 21 heavy (non-hydrogen) atoms. The zero-order valence-corrected chi connectivity index (χ0v) is 14.4. The highest BCUT2D eigenvalue weighted by Crippen LogP contribution is 2.10. The summed E-state index contributed by atoms with van der Waals surface area (Å²) in [7, 11) is 0. The van der Waals surface area contributed by atoms with Crippen LogP contribution in [-0.2, 0) is 4.79 Å². The van der Waals surface area contributed by atoms with Gasteiger partial charge >= 0.3 is 5.97 Å². The lowest BCUT2D eigenvalue weighted by Gasteiger charge is -2.00. The van der Waals surface area contributed by atoms with Crippen molar-refractivity contribution in [3.63, 3.8) is 0 Å². The fourth-order valence-corrected chi connectivity index (χ4v) is 1.54. The van der Waals surface area contributed by atoms with Crippen LogP contribution in [0.4, 0.5) is 0 Å². The maximum absolute atomic E-state index is 9.37. The normalized spacial score (nSPS) is 11.5. The summed E-state index contributed by atoms with van der Waals surface area (Å²) >= 11 is 0. The highest BCUT2D eigenvalue weighted by atomic mass is 16.4. The van der Waals surface area contributed by atoms with Crippen molar-refractivity contribution in [1.82, 2.24) is 0 Å². The Labute approximate surface area is 130 Å². The third-order valence-corrected chi connectivity index (χ3v) is 2.89. The van der Waals surface area contributed by atoms with E-state index in [2.05, 4.69) is 45.9 Å². The van der Waals surface area contributed by atoms with E-state index in [1.54, 1.807) is 6.92 Å². The van der Waals surface area contributed by atoms with Gasteiger partial charge in [-0.05, 0) is 53.4 Å². The maximum Gasteiger partial charge on any atom is 0.303 e. The number of aliphatic carboxylic acids is 1. The summed E-state index contributed by atoms with van der Waals surface area (Å²) in [6.45, 7) is 10.9. The first-order valence-electron chi connectivity index (χ1n) is 7.69. The number of rotatable bonds is 8. The maximum atomic E-state index is 9.37. The number of carboxylic acid groups (broad SMARTS) is 1. The van der Waals surface area contributed by atoms with Gasteiger partial charge in [-0.1, -0.05) is 41.9 Å². The zero-order valence-electron chi connectivity index (χ0n) is 14.4. The molecular weight excluding hydrogens is 262 g/mol. The van der Waals surface area contributed by atoms with Crippen molar-refractivity contribution in [3.05, 3.63) is 34.9 Å². The number of hydrogen-bond acceptors (Lipinski definition) is 2. The first-order valence-corrected chi connectivity index (χ1v) is 7.69. The highest BCUT2D eigenvalue weighted by molar-refractivity contribution is 5.66. The summed E-state index contributed by atoms with van der Waals surface area (Å²) in [5.74, 6) is -0.745. The minimum Gasteiger partial charge on any atom is -0.481 e. The van der Waals surface area contributed by atoms with Gasteiger partial charge in [-0.3, -0.25) is 4.79 Å². The third kappa shape index (κ3) is 21.1. The smallest absolute Gasteiger partial charge is 0.303 e. The van der Waals surface area contributed by atoms with Gasteiger partial charge in [0.15, 0.2) is 0 Å². The van der Waals surface area contributed by atoms with Crippen LogP contribution in [0.2, 0.25) is 0 Å². The molecule has 0 saturated carbocycles. The molecule has 0 aromatic rings. The Morgan fingerprint density at radius 1 is 0.952 bits per heavy atom. The zero-order chi connectivity index (χ0) is 16.7. The van der Waals surface area contributed by atoms with Gasteiger partial charge in [0.05, 0.1) is 0 Å². The molecule has 3 heteroatoms. The lowest BCUT2D eigenvalue weighted by Crippen LogP contribution is -1.94. The molecule has 0 bridgehead atoms. The second-order valence-electron chi connectivity index (χ2n) is 5.44. The summed E-state index contributed by atoms with van der Waals surface area (Å²) in [5.41, 5.74) is 9.77. The van der Waals surface area contributed by atoms with Crippen LogP contribution in [0.15, 0.2) is 34.9 Å². The van der Waals surface area contributed by atoms with E-state index in [4.69, 9.17) is 10.8 Å². The number of allylic oxidation sites excluding steroid dienone is 5. The molecule has 0 aliphatic carbocycles. The van der Waals surface area contributed by atoms with Crippen molar-refractivity contribution >= 4 is 5.97 Å². The number of carbonyl (C=O) groups is 1. The third-order valence-electron chi connectivity index (χ3n) is 2.89. The highest BCUT2D eigenvalue weighted by Gasteiger charge is 1.91. The molecule has 0 fully saturated rings. The van der Waals surface area contributed by atoms with Crippen molar-refractivity contribution in [2.45, 2.75) is 66.7 Å². The molecule has 3 nitrogen and oxygen atoms in total. The van der Waals surface area contributed by atoms with Crippen LogP contribution in [0.25, 0.3) is 0 Å². The molecular formula is C18H33NO2. The average molecular weight is 295 g/mol. The molecule has 0 radical (unpaired) electrons. The topological polar surface area (TPSA) is 63.3 Å². The van der Waals surface area contributed by atoms with Gasteiger partial charge in [0.1, 0.15) is 0 Å². The molecule has 0 aliphatic heterocycles. The minimum absolute atomic E-state index is 0.222. The van der Waals surface area contributed by atoms with Crippen molar-refractivity contribution in [2.75, 3.05) is 6.54 Å². The van der Waals surface area contributed by atoms with Crippen LogP contribution < -0.4 is 5.73 Å². The Kier molecular flexibility index (Phi) is 15.7. The molecule has 0 aliphatic rings. The average Bonchev–Trinajstić information content (AvgIpc) is 2.39. The number of carboxylic acids is 1. The molecule has 0 aromatic heterocycles. The largest absolute Gasteiger partial charge is 0.481 e. The Morgan fingerprint density at radius 2 is 1.38 bits per heavy atom. The van der Waals surface area contributed by atoms with Crippen molar-refractivity contribution < 1.29 is 9.90 Å². The van der Waals surface area contributed by atoms with Gasteiger partial charge in [0.25, 0.3) is 0 Å². The van der Waals surface area contributed by atoms with E-state index in [1.165, 1.54) is 29.6 Å². The monoisotopic (exact) mass is 295 g/mol. The van der Waals surface area contributed by atoms with Crippen molar-refractivity contribution in [3.8, 4) is 0 Å². The Hall–Kier alpha value is -1.35. The fourth-order valence-electron chi connectivity index (χ4n) is 1.54. The van der Waals surface area contributed by atoms with E-state index in [0.29, 0.717) is 6.54 Å². The summed E-state index contributed by atoms with van der Waals surface area (Å²) < 4.78 is 0. The molecule has 0 atom stereocenters. The molecule has 3 N–H and O–H groups in total. The summed E-state index contributed by atoms with van der Waals surface area (Å²) in [6, 6.07) is 0. The Morgan fingerprint density at radius 3 is 1.76 bits per heavy atom. The van der Waals surface area contributed by atoms with Crippen LogP contribution >= 0.6 is 0 Å². The predicted octanol–water partition coefficient (Wildman–Crippen LogP) is 4.85. The lowest BCUT2D eigenvalue weighted by atomic mass is 10.1. The Balaban J connectivity index is 0. The van der Waals surface area contributed by atoms with E-state index in [9.17, 15) is 4.79 Å². The fraction of sp³-hybridized carbons (Fsp3) is 0.611. The molecule has 0 unspecified atom stereocenters. The van der Waals surface area contributed by atoms with E-state index in [0.717, 1.165) is 12.8 Å².